The molecule has 0 unspecified atom stereocenters. The summed E-state index contributed by atoms with van der Waals surface area (Å²) in [7, 11) is 0. The van der Waals surface area contributed by atoms with Crippen molar-refractivity contribution in [1.29, 1.82) is 0 Å². The predicted molar refractivity (Wildman–Crippen MR) is 68.2 cm³/mol. The minimum absolute atomic E-state index is 0.171. The fraction of sp³-hybridized carbons (Fsp3) is 0.300. The van der Waals surface area contributed by atoms with Crippen LogP contribution in [-0.4, -0.2) is 19.1 Å². The summed E-state index contributed by atoms with van der Waals surface area (Å²) in [5.74, 6) is 0.811. The van der Waals surface area contributed by atoms with Crippen LogP contribution in [0.2, 0.25) is 5.15 Å². The molecule has 2 aromatic heterocycles. The summed E-state index contributed by atoms with van der Waals surface area (Å²) in [6.07, 6.45) is 5.01. The third-order valence-corrected chi connectivity index (χ3v) is 3.62. The average Bonchev–Trinajstić information content (AvgIpc) is 2.77. The molecule has 2 aromatic rings. The molecule has 0 spiro atoms. The molecule has 0 saturated heterocycles. The molecule has 0 aliphatic rings. The van der Waals surface area contributed by atoms with Gasteiger partial charge in [0.1, 0.15) is 10.3 Å². The second kappa shape index (κ2) is 5.01. The molecule has 5 nitrogen and oxygen atoms in total. The number of aryl methyl sites for hydroxylation is 1. The highest BCUT2D eigenvalue weighted by atomic mass is 79.9. The van der Waals surface area contributed by atoms with E-state index >= 15 is 0 Å². The molecule has 0 aromatic carbocycles. The lowest BCUT2D eigenvalue weighted by molar-refractivity contribution is 0.630. The maximum absolute atomic E-state index is 11.9. The first-order chi connectivity index (χ1) is 8.13. The zero-order valence-corrected chi connectivity index (χ0v) is 11.4. The van der Waals surface area contributed by atoms with Crippen LogP contribution in [0.3, 0.4) is 0 Å². The summed E-state index contributed by atoms with van der Waals surface area (Å²) in [6, 6.07) is 0. The number of rotatable bonds is 3. The topological polar surface area (TPSA) is 52.7 Å². The summed E-state index contributed by atoms with van der Waals surface area (Å²) < 4.78 is 3.70. The van der Waals surface area contributed by atoms with Crippen LogP contribution in [0, 0.1) is 0 Å². The quantitative estimate of drug-likeness (QED) is 0.813. The standard InChI is InChI=1S/C10H10BrClN4O/c1-2-15-4-3-13-7(15)5-16-6-14-9(12)8(11)10(16)17/h3-4,6H,2,5H2,1H3. The predicted octanol–water partition coefficient (Wildman–Crippen LogP) is 1.92. The minimum atomic E-state index is -0.212. The van der Waals surface area contributed by atoms with Crippen molar-refractivity contribution in [2.45, 2.75) is 20.0 Å². The van der Waals surface area contributed by atoms with E-state index in [9.17, 15) is 4.79 Å². The Balaban J connectivity index is 2.37. The zero-order valence-electron chi connectivity index (χ0n) is 9.10. The van der Waals surface area contributed by atoms with E-state index in [4.69, 9.17) is 11.6 Å². The van der Waals surface area contributed by atoms with Gasteiger partial charge in [-0.25, -0.2) is 9.97 Å². The molecule has 90 valence electrons. The van der Waals surface area contributed by atoms with Gasteiger partial charge in [0.25, 0.3) is 5.56 Å². The molecule has 2 rings (SSSR count). The van der Waals surface area contributed by atoms with Crippen molar-refractivity contribution in [2.75, 3.05) is 0 Å². The molecule has 0 saturated carbocycles. The van der Waals surface area contributed by atoms with Crippen molar-refractivity contribution in [1.82, 2.24) is 19.1 Å². The Hall–Kier alpha value is -1.14. The zero-order chi connectivity index (χ0) is 12.4. The van der Waals surface area contributed by atoms with E-state index in [1.807, 2.05) is 17.7 Å². The lowest BCUT2D eigenvalue weighted by Gasteiger charge is -2.07. The second-order valence-corrected chi connectivity index (χ2v) is 4.56. The van der Waals surface area contributed by atoms with Crippen LogP contribution in [0.5, 0.6) is 0 Å². The fourth-order valence-electron chi connectivity index (χ4n) is 1.49. The number of halogens is 2. The maximum Gasteiger partial charge on any atom is 0.269 e. The van der Waals surface area contributed by atoms with Gasteiger partial charge in [0.05, 0.1) is 12.9 Å². The Morgan fingerprint density at radius 1 is 1.41 bits per heavy atom. The monoisotopic (exact) mass is 316 g/mol. The van der Waals surface area contributed by atoms with Crippen LogP contribution < -0.4 is 5.56 Å². The third-order valence-electron chi connectivity index (χ3n) is 2.39. The van der Waals surface area contributed by atoms with E-state index in [-0.39, 0.29) is 15.2 Å². The first kappa shape index (κ1) is 12.3. The summed E-state index contributed by atoms with van der Waals surface area (Å²) in [4.78, 5) is 20.0. The number of hydrogen-bond acceptors (Lipinski definition) is 3. The van der Waals surface area contributed by atoms with E-state index in [1.54, 1.807) is 6.20 Å². The molecule has 2 heterocycles. The van der Waals surface area contributed by atoms with Crippen molar-refractivity contribution >= 4 is 27.5 Å². The molecule has 0 fully saturated rings. The summed E-state index contributed by atoms with van der Waals surface area (Å²) in [6.45, 7) is 3.21. The molecule has 0 bridgehead atoms. The van der Waals surface area contributed by atoms with Crippen molar-refractivity contribution in [3.63, 3.8) is 0 Å². The highest BCUT2D eigenvalue weighted by molar-refractivity contribution is 9.10. The number of aromatic nitrogens is 4. The van der Waals surface area contributed by atoms with Gasteiger partial charge in [-0.3, -0.25) is 9.36 Å². The Labute approximate surface area is 111 Å². The smallest absolute Gasteiger partial charge is 0.269 e. The van der Waals surface area contributed by atoms with Gasteiger partial charge in [0, 0.05) is 18.9 Å². The van der Waals surface area contributed by atoms with E-state index in [0.29, 0.717) is 6.54 Å². The molecular weight excluding hydrogens is 307 g/mol. The van der Waals surface area contributed by atoms with Crippen LogP contribution in [-0.2, 0) is 13.1 Å². The first-order valence-corrected chi connectivity index (χ1v) is 6.21. The molecule has 0 atom stereocenters. The second-order valence-electron chi connectivity index (χ2n) is 3.41. The highest BCUT2D eigenvalue weighted by Gasteiger charge is 2.09. The minimum Gasteiger partial charge on any atom is -0.334 e. The SMILES string of the molecule is CCn1ccnc1Cn1cnc(Cl)c(Br)c1=O. The molecule has 0 radical (unpaired) electrons. The Morgan fingerprint density at radius 3 is 2.88 bits per heavy atom. The largest absolute Gasteiger partial charge is 0.334 e. The number of imidazole rings is 1. The molecule has 7 heteroatoms. The van der Waals surface area contributed by atoms with Gasteiger partial charge in [0.2, 0.25) is 0 Å². The highest BCUT2D eigenvalue weighted by Crippen LogP contribution is 2.13. The summed E-state index contributed by atoms with van der Waals surface area (Å²) in [5, 5.41) is 0.171. The van der Waals surface area contributed by atoms with Crippen molar-refractivity contribution < 1.29 is 0 Å². The molecule has 17 heavy (non-hydrogen) atoms. The van der Waals surface area contributed by atoms with Gasteiger partial charge in [-0.05, 0) is 22.9 Å². The van der Waals surface area contributed by atoms with Crippen LogP contribution >= 0.6 is 27.5 Å². The van der Waals surface area contributed by atoms with Gasteiger partial charge in [-0.1, -0.05) is 11.6 Å². The normalized spacial score (nSPS) is 10.8. The lowest BCUT2D eigenvalue weighted by atomic mass is 10.5. The summed E-state index contributed by atoms with van der Waals surface area (Å²) in [5.41, 5.74) is -0.212. The third kappa shape index (κ3) is 2.42. The lowest BCUT2D eigenvalue weighted by Crippen LogP contribution is -2.23. The van der Waals surface area contributed by atoms with Crippen molar-refractivity contribution in [2.24, 2.45) is 0 Å². The number of hydrogen-bond donors (Lipinski definition) is 0. The molecule has 0 aliphatic heterocycles. The molecular formula is C10H10BrClN4O. The van der Waals surface area contributed by atoms with E-state index in [2.05, 4.69) is 25.9 Å². The van der Waals surface area contributed by atoms with E-state index < -0.39 is 0 Å². The van der Waals surface area contributed by atoms with Crippen molar-refractivity contribution in [3.05, 3.63) is 44.5 Å². The van der Waals surface area contributed by atoms with E-state index in [1.165, 1.54) is 10.9 Å². The molecule has 0 N–H and O–H groups in total. The van der Waals surface area contributed by atoms with Crippen LogP contribution in [0.25, 0.3) is 0 Å². The molecule has 0 aliphatic carbocycles. The Kier molecular flexibility index (Phi) is 3.63. The Bertz CT molecular complexity index is 592. The van der Waals surface area contributed by atoms with E-state index in [0.717, 1.165) is 12.4 Å². The van der Waals surface area contributed by atoms with Gasteiger partial charge in [0.15, 0.2) is 5.15 Å². The molecule has 0 amide bonds. The Morgan fingerprint density at radius 2 is 2.18 bits per heavy atom. The average molecular weight is 318 g/mol. The van der Waals surface area contributed by atoms with Crippen LogP contribution in [0.15, 0.2) is 28.0 Å². The van der Waals surface area contributed by atoms with Gasteiger partial charge in [-0.15, -0.1) is 0 Å². The number of nitrogens with zero attached hydrogens (tertiary/aromatic N) is 4. The maximum atomic E-state index is 11.9. The van der Waals surface area contributed by atoms with Gasteiger partial charge < -0.3 is 4.57 Å². The van der Waals surface area contributed by atoms with Crippen LogP contribution in [0.4, 0.5) is 0 Å². The van der Waals surface area contributed by atoms with Crippen molar-refractivity contribution in [3.8, 4) is 0 Å². The first-order valence-electron chi connectivity index (χ1n) is 5.04. The van der Waals surface area contributed by atoms with Gasteiger partial charge >= 0.3 is 0 Å². The summed E-state index contributed by atoms with van der Waals surface area (Å²) >= 11 is 8.85. The fourth-order valence-corrected chi connectivity index (χ4v) is 1.94. The van der Waals surface area contributed by atoms with Gasteiger partial charge in [-0.2, -0.15) is 0 Å². The van der Waals surface area contributed by atoms with Crippen LogP contribution in [0.1, 0.15) is 12.7 Å².